The largest absolute Gasteiger partial charge is 0.508 e. The average Bonchev–Trinajstić information content (AvgIpc) is 3.26. The molecule has 0 spiro atoms. The average molecular weight is 837 g/mol. The summed E-state index contributed by atoms with van der Waals surface area (Å²) in [5.74, 6) is 0.452. The molecule has 0 bridgehead atoms. The Morgan fingerprint density at radius 3 is 1.12 bits per heavy atom. The second-order valence-corrected chi connectivity index (χ2v) is 11.6. The van der Waals surface area contributed by atoms with Crippen molar-refractivity contribution in [1.29, 1.82) is 0 Å². The highest BCUT2D eigenvalue weighted by atomic mass is 35.5. The van der Waals surface area contributed by atoms with Gasteiger partial charge in [-0.15, -0.1) is 0 Å². The molecule has 0 radical (unpaired) electrons. The molecule has 5 aromatic rings. The molecule has 0 fully saturated rings. The van der Waals surface area contributed by atoms with Crippen molar-refractivity contribution in [3.63, 3.8) is 0 Å². The van der Waals surface area contributed by atoms with E-state index in [1.165, 1.54) is 0 Å². The Morgan fingerprint density at radius 1 is 0.458 bits per heavy atom. The van der Waals surface area contributed by atoms with Crippen molar-refractivity contribution < 1.29 is 62.9 Å². The molecule has 13 nitrogen and oxygen atoms in total. The van der Waals surface area contributed by atoms with Gasteiger partial charge in [-0.1, -0.05) is 115 Å². The predicted octanol–water partition coefficient (Wildman–Crippen LogP) is 6.41. The monoisotopic (exact) mass is 836 g/mol. The van der Waals surface area contributed by atoms with Gasteiger partial charge in [-0.25, -0.2) is 9.59 Å². The smallest absolute Gasteiger partial charge is 0.337 e. The lowest BCUT2D eigenvalue weighted by molar-refractivity contribution is -0.140. The molecule has 0 aromatic heterocycles. The first-order chi connectivity index (χ1) is 28.9. The lowest BCUT2D eigenvalue weighted by Gasteiger charge is -2.06. The second-order valence-electron chi connectivity index (χ2n) is 11.2. The van der Waals surface area contributed by atoms with E-state index < -0.39 is 17.2 Å². The van der Waals surface area contributed by atoms with E-state index in [2.05, 4.69) is 0 Å². The Bertz CT molecular complexity index is 1720. The van der Waals surface area contributed by atoms with Crippen molar-refractivity contribution in [2.45, 2.75) is 13.2 Å². The maximum absolute atomic E-state index is 11.5. The number of aliphatic hydroxyl groups is 2. The summed E-state index contributed by atoms with van der Waals surface area (Å²) in [5, 5.41) is 23.5. The first-order valence-corrected chi connectivity index (χ1v) is 18.7. The van der Waals surface area contributed by atoms with Gasteiger partial charge in [0.05, 0.1) is 52.9 Å². The van der Waals surface area contributed by atoms with Crippen LogP contribution in [0.4, 0.5) is 0 Å². The molecule has 0 atom stereocenters. The van der Waals surface area contributed by atoms with Crippen LogP contribution in [0.3, 0.4) is 0 Å². The topological polar surface area (TPSA) is 177 Å². The molecule has 14 heteroatoms. The minimum atomic E-state index is -0.488. The van der Waals surface area contributed by atoms with E-state index in [0.29, 0.717) is 56.9 Å². The van der Waals surface area contributed by atoms with E-state index in [-0.39, 0.29) is 33.0 Å². The maximum atomic E-state index is 11.5. The summed E-state index contributed by atoms with van der Waals surface area (Å²) >= 11 is 5.08. The molecule has 59 heavy (non-hydrogen) atoms. The third-order valence-corrected chi connectivity index (χ3v) is 6.67. The van der Waals surface area contributed by atoms with E-state index in [1.807, 2.05) is 78.9 Å². The lowest BCUT2D eigenvalue weighted by Crippen LogP contribution is -2.17. The van der Waals surface area contributed by atoms with Gasteiger partial charge in [0.2, 0.25) is 5.24 Å². The van der Waals surface area contributed by atoms with Gasteiger partial charge >= 0.3 is 11.9 Å². The number of carbonyl (C=O) groups excluding carboxylic acids is 3. The van der Waals surface area contributed by atoms with Crippen LogP contribution in [-0.4, -0.2) is 99.1 Å². The normalized spacial score (nSPS) is 9.69. The van der Waals surface area contributed by atoms with E-state index in [9.17, 15) is 14.4 Å². The van der Waals surface area contributed by atoms with Gasteiger partial charge < -0.3 is 48.5 Å². The number of para-hydroxylation sites is 3. The summed E-state index contributed by atoms with van der Waals surface area (Å²) in [5.41, 5.74) is 2.23. The highest BCUT2D eigenvalue weighted by Gasteiger charge is 2.05. The Hall–Kier alpha value is -5.48. The van der Waals surface area contributed by atoms with Crippen molar-refractivity contribution >= 4 is 28.8 Å². The van der Waals surface area contributed by atoms with Gasteiger partial charge in [0.1, 0.15) is 37.1 Å². The second kappa shape index (κ2) is 36.8. The SMILES string of the molecule is CO.O=C(COCCO)Oc1ccccc1.O=C(COCCOCc1ccccc1)Oc1ccccc1.O=C(Cl)COCCOCc1ccccc1.Oc1ccccc1. The molecule has 5 aromatic carbocycles. The van der Waals surface area contributed by atoms with Gasteiger partial charge in [-0.3, -0.25) is 4.79 Å². The molecule has 3 N–H and O–H groups in total. The standard InChI is InChI=1S/C17H18O4.C11H13ClO3.C10H12O4.C6H6O.CH4O/c18-17(21-16-9-5-2-6-10-16)14-20-12-11-19-13-15-7-3-1-4-8-15;12-11(13)9-15-7-6-14-8-10-4-2-1-3-5-10;11-6-7-13-8-10(12)14-9-4-2-1-3-5-9;7-6-4-2-1-3-5-6;1-2/h1-10H,11-14H2;1-5H,6-9H2;1-5,11H,6-8H2;1-5,7H;2H,1H3. The number of rotatable bonds is 20. The number of benzene rings is 5. The fraction of sp³-hybridized carbons (Fsp3) is 0.267. The van der Waals surface area contributed by atoms with Crippen LogP contribution >= 0.6 is 11.6 Å². The Labute approximate surface area is 350 Å². The number of ether oxygens (including phenoxy) is 7. The number of halogens is 1. The molecular weight excluding hydrogens is 784 g/mol. The first-order valence-electron chi connectivity index (χ1n) is 18.3. The van der Waals surface area contributed by atoms with Crippen LogP contribution in [0.1, 0.15) is 11.1 Å². The highest BCUT2D eigenvalue weighted by Crippen LogP contribution is 2.09. The number of hydrogen-bond donors (Lipinski definition) is 3. The van der Waals surface area contributed by atoms with Crippen molar-refractivity contribution in [1.82, 2.24) is 0 Å². The number of esters is 2. The molecule has 0 unspecified atom stereocenters. The number of carbonyl (C=O) groups is 3. The minimum absolute atomic E-state index is 0.0593. The number of phenols is 1. The van der Waals surface area contributed by atoms with Gasteiger partial charge in [0.15, 0.2) is 0 Å². The predicted molar refractivity (Wildman–Crippen MR) is 223 cm³/mol. The lowest BCUT2D eigenvalue weighted by atomic mass is 10.2. The van der Waals surface area contributed by atoms with Crippen LogP contribution in [0.25, 0.3) is 0 Å². The van der Waals surface area contributed by atoms with E-state index in [1.54, 1.807) is 72.8 Å². The van der Waals surface area contributed by atoms with Crippen LogP contribution < -0.4 is 9.47 Å². The summed E-state index contributed by atoms with van der Waals surface area (Å²) in [7, 11) is 1.00. The van der Waals surface area contributed by atoms with Crippen molar-refractivity contribution in [3.05, 3.63) is 163 Å². The third-order valence-electron chi connectivity index (χ3n) is 6.56. The van der Waals surface area contributed by atoms with Gasteiger partial charge in [-0.2, -0.15) is 0 Å². The molecule has 0 saturated heterocycles. The molecule has 0 amide bonds. The summed E-state index contributed by atoms with van der Waals surface area (Å²) in [4.78, 5) is 32.8. The van der Waals surface area contributed by atoms with E-state index in [4.69, 9.17) is 60.1 Å². The number of phenolic OH excluding ortho intramolecular Hbond substituents is 1. The number of hydrogen-bond acceptors (Lipinski definition) is 13. The Morgan fingerprint density at radius 2 is 0.780 bits per heavy atom. The van der Waals surface area contributed by atoms with Gasteiger partial charge in [0, 0.05) is 7.11 Å². The summed E-state index contributed by atoms with van der Waals surface area (Å²) < 4.78 is 35.7. The van der Waals surface area contributed by atoms with Crippen LogP contribution in [0.15, 0.2) is 152 Å². The quantitative estimate of drug-likeness (QED) is 0.0340. The zero-order chi connectivity index (χ0) is 43.0. The van der Waals surface area contributed by atoms with E-state index in [0.717, 1.165) is 18.2 Å². The molecule has 0 aliphatic carbocycles. The molecule has 0 saturated carbocycles. The van der Waals surface area contributed by atoms with Crippen LogP contribution in [0.5, 0.6) is 17.2 Å². The van der Waals surface area contributed by atoms with E-state index >= 15 is 0 Å². The Kier molecular flexibility index (Phi) is 32.2. The fourth-order valence-electron chi connectivity index (χ4n) is 4.02. The summed E-state index contributed by atoms with van der Waals surface area (Å²) in [6.45, 7) is 2.49. The summed E-state index contributed by atoms with van der Waals surface area (Å²) in [6.07, 6.45) is 0. The fourth-order valence-corrected chi connectivity index (χ4v) is 4.10. The molecule has 0 aliphatic rings. The Balaban J connectivity index is 0.000000408. The zero-order valence-corrected chi connectivity index (χ0v) is 33.8. The van der Waals surface area contributed by atoms with Crippen LogP contribution in [0.2, 0.25) is 0 Å². The summed E-state index contributed by atoms with van der Waals surface area (Å²) in [6, 6.07) is 46.1. The molecule has 0 heterocycles. The van der Waals surface area contributed by atoms with Crippen molar-refractivity contribution in [2.75, 3.05) is 66.6 Å². The highest BCUT2D eigenvalue weighted by molar-refractivity contribution is 6.63. The van der Waals surface area contributed by atoms with Crippen LogP contribution in [-0.2, 0) is 51.3 Å². The number of aromatic hydroxyl groups is 1. The van der Waals surface area contributed by atoms with Crippen molar-refractivity contribution in [2.24, 2.45) is 0 Å². The zero-order valence-electron chi connectivity index (χ0n) is 33.0. The first kappa shape index (κ1) is 51.5. The van der Waals surface area contributed by atoms with Crippen molar-refractivity contribution in [3.8, 4) is 17.2 Å². The molecular formula is C45H53ClO13. The van der Waals surface area contributed by atoms with Gasteiger partial charge in [0.25, 0.3) is 0 Å². The van der Waals surface area contributed by atoms with Crippen LogP contribution in [0, 0.1) is 0 Å². The maximum Gasteiger partial charge on any atom is 0.337 e. The molecule has 5 rings (SSSR count). The molecule has 0 aliphatic heterocycles. The molecule has 318 valence electrons. The number of aliphatic hydroxyl groups excluding tert-OH is 2. The third kappa shape index (κ3) is 31.2. The van der Waals surface area contributed by atoms with Gasteiger partial charge in [-0.05, 0) is 59.1 Å². The minimum Gasteiger partial charge on any atom is -0.508 e.